The summed E-state index contributed by atoms with van der Waals surface area (Å²) in [4.78, 5) is 12.4. The number of ether oxygens (including phenoxy) is 3. The van der Waals surface area contributed by atoms with Crippen LogP contribution in [0.1, 0.15) is 57.4 Å². The quantitative estimate of drug-likeness (QED) is 0.594. The lowest BCUT2D eigenvalue weighted by Gasteiger charge is -2.26. The normalized spacial score (nSPS) is 28.2. The standard InChI is InChI=1S/C23H33N3O4S/c1-14(2)15-8-10-17(11-9-15)25-23(27)30-19-13-29-20-18(12-28-21(19)20)26-22(31)24-16-6-4-3-5-7-16/h8-11,14,16,18-21H,3-7,12-13H2,1-2H3,(H,25,27)(H2,24,26,31)/t18-,19+,20+,21+/m0/s1. The predicted octanol–water partition coefficient (Wildman–Crippen LogP) is 3.69. The van der Waals surface area contributed by atoms with Crippen LogP contribution in [-0.2, 0) is 14.2 Å². The van der Waals surface area contributed by atoms with Crippen LogP contribution >= 0.6 is 12.2 Å². The van der Waals surface area contributed by atoms with Crippen LogP contribution in [0.15, 0.2) is 24.3 Å². The molecule has 0 spiro atoms. The van der Waals surface area contributed by atoms with Crippen LogP contribution in [0.3, 0.4) is 0 Å². The van der Waals surface area contributed by atoms with E-state index < -0.39 is 12.2 Å². The monoisotopic (exact) mass is 447 g/mol. The van der Waals surface area contributed by atoms with E-state index in [2.05, 4.69) is 29.8 Å². The van der Waals surface area contributed by atoms with Gasteiger partial charge in [-0.3, -0.25) is 5.32 Å². The zero-order valence-electron chi connectivity index (χ0n) is 18.3. The van der Waals surface area contributed by atoms with Crippen LogP contribution < -0.4 is 16.0 Å². The molecule has 3 aliphatic rings. The van der Waals surface area contributed by atoms with Crippen molar-refractivity contribution in [3.63, 3.8) is 0 Å². The molecule has 2 aliphatic heterocycles. The summed E-state index contributed by atoms with van der Waals surface area (Å²) in [6.45, 7) is 5.06. The van der Waals surface area contributed by atoms with Crippen LogP contribution in [0.2, 0.25) is 0 Å². The van der Waals surface area contributed by atoms with Gasteiger partial charge < -0.3 is 24.8 Å². The smallest absolute Gasteiger partial charge is 0.412 e. The Morgan fingerprint density at radius 3 is 2.45 bits per heavy atom. The molecule has 0 aromatic heterocycles. The summed E-state index contributed by atoms with van der Waals surface area (Å²) >= 11 is 5.50. The third kappa shape index (κ3) is 5.67. The first kappa shape index (κ1) is 22.3. The summed E-state index contributed by atoms with van der Waals surface area (Å²) in [5, 5.41) is 10.2. The largest absolute Gasteiger partial charge is 0.441 e. The molecule has 3 N–H and O–H groups in total. The fourth-order valence-electron chi connectivity index (χ4n) is 4.57. The highest BCUT2D eigenvalue weighted by atomic mass is 32.1. The Bertz CT molecular complexity index is 767. The van der Waals surface area contributed by atoms with Gasteiger partial charge in [0, 0.05) is 11.7 Å². The van der Waals surface area contributed by atoms with Gasteiger partial charge in [0.05, 0.1) is 19.3 Å². The van der Waals surface area contributed by atoms with Crippen molar-refractivity contribution in [1.29, 1.82) is 0 Å². The number of nitrogens with one attached hydrogen (secondary N) is 3. The fraction of sp³-hybridized carbons (Fsp3) is 0.652. The van der Waals surface area contributed by atoms with Crippen LogP contribution in [0, 0.1) is 0 Å². The second kappa shape index (κ2) is 10.1. The molecule has 1 amide bonds. The molecule has 4 rings (SSSR count). The maximum atomic E-state index is 12.4. The predicted molar refractivity (Wildman–Crippen MR) is 123 cm³/mol. The Kier molecular flexibility index (Phi) is 7.30. The minimum atomic E-state index is -0.499. The average Bonchev–Trinajstić information content (AvgIpc) is 3.32. The Hall–Kier alpha value is -1.90. The van der Waals surface area contributed by atoms with E-state index in [-0.39, 0.29) is 18.2 Å². The van der Waals surface area contributed by atoms with E-state index >= 15 is 0 Å². The van der Waals surface area contributed by atoms with E-state index in [9.17, 15) is 4.79 Å². The van der Waals surface area contributed by atoms with Crippen molar-refractivity contribution >= 4 is 29.1 Å². The third-order valence-corrected chi connectivity index (χ3v) is 6.58. The van der Waals surface area contributed by atoms with E-state index in [4.69, 9.17) is 26.4 Å². The molecule has 1 aromatic rings. The molecule has 1 saturated carbocycles. The van der Waals surface area contributed by atoms with Crippen LogP contribution in [0.4, 0.5) is 10.5 Å². The van der Waals surface area contributed by atoms with E-state index in [1.807, 2.05) is 24.3 Å². The maximum Gasteiger partial charge on any atom is 0.412 e. The number of anilines is 1. The second-order valence-electron chi connectivity index (χ2n) is 9.00. The van der Waals surface area contributed by atoms with Crippen LogP contribution in [-0.4, -0.2) is 54.8 Å². The number of benzene rings is 1. The molecular formula is C23H33N3O4S. The first-order chi connectivity index (χ1) is 15.0. The van der Waals surface area contributed by atoms with Crippen molar-refractivity contribution in [2.45, 2.75) is 82.3 Å². The molecule has 2 saturated heterocycles. The van der Waals surface area contributed by atoms with Crippen molar-refractivity contribution in [3.8, 4) is 0 Å². The summed E-state index contributed by atoms with van der Waals surface area (Å²) in [5.74, 6) is 0.445. The van der Waals surface area contributed by atoms with Crippen molar-refractivity contribution in [3.05, 3.63) is 29.8 Å². The van der Waals surface area contributed by atoms with Gasteiger partial charge >= 0.3 is 6.09 Å². The molecule has 0 unspecified atom stereocenters. The number of fused-ring (bicyclic) bond motifs is 1. The van der Waals surface area contributed by atoms with Gasteiger partial charge in [0.25, 0.3) is 0 Å². The van der Waals surface area contributed by atoms with Crippen molar-refractivity contribution in [1.82, 2.24) is 10.6 Å². The summed E-state index contributed by atoms with van der Waals surface area (Å²) < 4.78 is 17.4. The molecule has 7 nitrogen and oxygen atoms in total. The Morgan fingerprint density at radius 2 is 1.74 bits per heavy atom. The molecule has 1 aliphatic carbocycles. The summed E-state index contributed by atoms with van der Waals surface area (Å²) in [6, 6.07) is 8.19. The Balaban J connectivity index is 1.24. The maximum absolute atomic E-state index is 12.4. The van der Waals surface area contributed by atoms with E-state index in [1.165, 1.54) is 24.8 Å². The highest BCUT2D eigenvalue weighted by Crippen LogP contribution is 2.29. The molecule has 170 valence electrons. The van der Waals surface area contributed by atoms with Gasteiger partial charge in [-0.1, -0.05) is 45.2 Å². The lowest BCUT2D eigenvalue weighted by Crippen LogP contribution is -2.50. The molecule has 4 atom stereocenters. The molecule has 31 heavy (non-hydrogen) atoms. The van der Waals surface area contributed by atoms with E-state index in [1.54, 1.807) is 0 Å². The molecule has 0 radical (unpaired) electrons. The fourth-order valence-corrected chi connectivity index (χ4v) is 4.89. The van der Waals surface area contributed by atoms with Gasteiger partial charge in [-0.25, -0.2) is 4.79 Å². The minimum absolute atomic E-state index is 0.0474. The van der Waals surface area contributed by atoms with Gasteiger partial charge in [-0.05, 0) is 48.7 Å². The van der Waals surface area contributed by atoms with Gasteiger partial charge in [-0.15, -0.1) is 0 Å². The van der Waals surface area contributed by atoms with Gasteiger partial charge in [0.15, 0.2) is 11.2 Å². The number of thiocarbonyl (C=S) groups is 1. The lowest BCUT2D eigenvalue weighted by molar-refractivity contribution is 0.00879. The van der Waals surface area contributed by atoms with Gasteiger partial charge in [-0.2, -0.15) is 0 Å². The average molecular weight is 448 g/mol. The van der Waals surface area contributed by atoms with Gasteiger partial charge in [0.2, 0.25) is 0 Å². The molecule has 1 aromatic carbocycles. The SMILES string of the molecule is CC(C)c1ccc(NC(=O)O[C@@H]2CO[C@H]3[C@@H]2OC[C@@H]3NC(=S)NC2CCCCC2)cc1. The number of hydrogen-bond donors (Lipinski definition) is 3. The summed E-state index contributed by atoms with van der Waals surface area (Å²) in [7, 11) is 0. The van der Waals surface area contributed by atoms with Crippen molar-refractivity contribution in [2.24, 2.45) is 0 Å². The highest BCUT2D eigenvalue weighted by Gasteiger charge is 2.49. The number of amides is 1. The highest BCUT2D eigenvalue weighted by molar-refractivity contribution is 7.80. The van der Waals surface area contributed by atoms with E-state index in [0.717, 1.165) is 12.8 Å². The Labute approximate surface area is 189 Å². The third-order valence-electron chi connectivity index (χ3n) is 6.35. The van der Waals surface area contributed by atoms with Crippen molar-refractivity contribution < 1.29 is 19.0 Å². The first-order valence-corrected chi connectivity index (χ1v) is 11.8. The minimum Gasteiger partial charge on any atom is -0.441 e. The van der Waals surface area contributed by atoms with Crippen molar-refractivity contribution in [2.75, 3.05) is 18.5 Å². The van der Waals surface area contributed by atoms with Crippen LogP contribution in [0.5, 0.6) is 0 Å². The van der Waals surface area contributed by atoms with Gasteiger partial charge in [0.1, 0.15) is 12.2 Å². The molecular weight excluding hydrogens is 414 g/mol. The lowest BCUT2D eigenvalue weighted by atomic mass is 9.96. The second-order valence-corrected chi connectivity index (χ2v) is 9.41. The number of rotatable bonds is 5. The first-order valence-electron chi connectivity index (χ1n) is 11.4. The van der Waals surface area contributed by atoms with E-state index in [0.29, 0.717) is 36.0 Å². The molecule has 2 heterocycles. The zero-order valence-corrected chi connectivity index (χ0v) is 19.1. The summed E-state index contributed by atoms with van der Waals surface area (Å²) in [5.41, 5.74) is 1.93. The number of carbonyl (C=O) groups is 1. The molecule has 3 fully saturated rings. The van der Waals surface area contributed by atoms with Crippen LogP contribution in [0.25, 0.3) is 0 Å². The molecule has 8 heteroatoms. The number of carbonyl (C=O) groups excluding carboxylic acids is 1. The Morgan fingerprint density at radius 1 is 1.03 bits per heavy atom. The zero-order chi connectivity index (χ0) is 21.8. The molecule has 0 bridgehead atoms. The summed E-state index contributed by atoms with van der Waals surface area (Å²) in [6.07, 6.45) is 4.73. The number of hydrogen-bond acceptors (Lipinski definition) is 5. The topological polar surface area (TPSA) is 80.9 Å².